The molecule has 1 unspecified atom stereocenters. The van der Waals surface area contributed by atoms with E-state index in [4.69, 9.17) is 16.6 Å². The molecule has 1 aliphatic carbocycles. The average Bonchev–Trinajstić information content (AvgIpc) is 3.24. The van der Waals surface area contributed by atoms with E-state index < -0.39 is 5.66 Å². The summed E-state index contributed by atoms with van der Waals surface area (Å²) in [6, 6.07) is 13.5. The SMILES string of the molecule is CCCC(c1ccc(C=O)cc1)N1C(=O)C(c2ccc(F)cc2)=NC12CCC(C(C)C)CC2.CNC/C(N)=N/NN. The van der Waals surface area contributed by atoms with Gasteiger partial charge in [0.05, 0.1) is 12.6 Å². The zero-order valence-electron chi connectivity index (χ0n) is 24.6. The van der Waals surface area contributed by atoms with Gasteiger partial charge in [0.1, 0.15) is 29.3 Å². The third kappa shape index (κ3) is 7.77. The Morgan fingerprint density at radius 1 is 1.17 bits per heavy atom. The van der Waals surface area contributed by atoms with Crippen LogP contribution in [0.15, 0.2) is 58.6 Å². The predicted molar refractivity (Wildman–Crippen MR) is 162 cm³/mol. The standard InChI is InChI=1S/C28H33FN2O2.C3H11N5/c1-4-5-25(22-8-6-20(18-32)7-9-22)31-27(33)26(23-10-12-24(29)13-11-23)30-28(31)16-14-21(15-17-28)19(2)3;1-6-2-3(4)7-8-5/h6-13,18-19,21,25H,4-5,14-17H2,1-3H3;6,8H,2,5H2,1H3,(H2,4,7). The van der Waals surface area contributed by atoms with Gasteiger partial charge >= 0.3 is 0 Å². The summed E-state index contributed by atoms with van der Waals surface area (Å²) in [6.07, 6.45) is 6.30. The summed E-state index contributed by atoms with van der Waals surface area (Å²) in [5, 5.41) is 6.27. The molecule has 41 heavy (non-hydrogen) atoms. The van der Waals surface area contributed by atoms with Gasteiger partial charge in [-0.25, -0.2) is 15.8 Å². The van der Waals surface area contributed by atoms with Crippen LogP contribution in [0.4, 0.5) is 4.39 Å². The molecule has 1 aliphatic heterocycles. The molecule has 2 aromatic carbocycles. The van der Waals surface area contributed by atoms with Crippen LogP contribution >= 0.6 is 0 Å². The summed E-state index contributed by atoms with van der Waals surface area (Å²) in [6.45, 7) is 7.20. The molecule has 1 fully saturated rings. The van der Waals surface area contributed by atoms with E-state index in [1.165, 1.54) is 12.1 Å². The van der Waals surface area contributed by atoms with Crippen LogP contribution in [-0.4, -0.2) is 47.9 Å². The molecule has 1 amide bonds. The highest BCUT2D eigenvalue weighted by Crippen LogP contribution is 2.47. The van der Waals surface area contributed by atoms with Crippen molar-refractivity contribution >= 4 is 23.7 Å². The molecule has 0 saturated heterocycles. The van der Waals surface area contributed by atoms with Crippen molar-refractivity contribution in [2.24, 2.45) is 33.5 Å². The van der Waals surface area contributed by atoms with Crippen molar-refractivity contribution in [1.82, 2.24) is 15.8 Å². The first-order chi connectivity index (χ1) is 19.7. The van der Waals surface area contributed by atoms with Gasteiger partial charge < -0.3 is 16.0 Å². The summed E-state index contributed by atoms with van der Waals surface area (Å²) in [7, 11) is 1.78. The van der Waals surface area contributed by atoms with E-state index in [-0.39, 0.29) is 17.8 Å². The van der Waals surface area contributed by atoms with Crippen LogP contribution < -0.4 is 22.4 Å². The number of aliphatic imine (C=N–C) groups is 1. The lowest BCUT2D eigenvalue weighted by Gasteiger charge is -2.46. The fourth-order valence-corrected chi connectivity index (χ4v) is 5.78. The Balaban J connectivity index is 0.000000507. The Bertz CT molecular complexity index is 1200. The number of hydrazine groups is 1. The van der Waals surface area contributed by atoms with Crippen LogP contribution in [0.2, 0.25) is 0 Å². The Hall–Kier alpha value is -3.63. The van der Waals surface area contributed by atoms with Gasteiger partial charge in [-0.1, -0.05) is 51.5 Å². The number of nitrogens with zero attached hydrogens (tertiary/aromatic N) is 3. The molecular weight excluding hydrogens is 521 g/mol. The number of amidine groups is 1. The molecule has 1 spiro atoms. The molecule has 0 bridgehead atoms. The number of nitrogens with one attached hydrogen (secondary N) is 2. The molecule has 1 atom stereocenters. The maximum Gasteiger partial charge on any atom is 0.275 e. The van der Waals surface area contributed by atoms with Gasteiger partial charge in [0.25, 0.3) is 5.91 Å². The van der Waals surface area contributed by atoms with Crippen molar-refractivity contribution < 1.29 is 14.0 Å². The third-order valence-corrected chi connectivity index (χ3v) is 7.98. The lowest BCUT2D eigenvalue weighted by atomic mass is 9.76. The Labute approximate surface area is 242 Å². The zero-order valence-corrected chi connectivity index (χ0v) is 24.6. The molecule has 1 saturated carbocycles. The number of amides is 1. The number of nitrogens with two attached hydrogens (primary N) is 2. The van der Waals surface area contributed by atoms with Crippen LogP contribution in [-0.2, 0) is 4.79 Å². The largest absolute Gasteiger partial charge is 0.385 e. The Morgan fingerprint density at radius 2 is 1.80 bits per heavy atom. The van der Waals surface area contributed by atoms with Crippen molar-refractivity contribution in [2.75, 3.05) is 13.6 Å². The summed E-state index contributed by atoms with van der Waals surface area (Å²) in [4.78, 5) is 32.2. The van der Waals surface area contributed by atoms with Crippen molar-refractivity contribution in [2.45, 2.75) is 71.0 Å². The molecule has 9 nitrogen and oxygen atoms in total. The maximum absolute atomic E-state index is 13.9. The van der Waals surface area contributed by atoms with Crippen molar-refractivity contribution in [3.05, 3.63) is 71.0 Å². The molecule has 6 N–H and O–H groups in total. The first-order valence-corrected chi connectivity index (χ1v) is 14.4. The number of benzene rings is 2. The highest BCUT2D eigenvalue weighted by atomic mass is 19.1. The lowest BCUT2D eigenvalue weighted by molar-refractivity contribution is -0.133. The molecule has 2 aliphatic rings. The molecule has 4 rings (SSSR count). The van der Waals surface area contributed by atoms with Crippen LogP contribution in [0.25, 0.3) is 0 Å². The van der Waals surface area contributed by atoms with E-state index in [1.54, 1.807) is 19.2 Å². The topological polar surface area (TPSA) is 138 Å². The van der Waals surface area contributed by atoms with Gasteiger partial charge in [0.2, 0.25) is 0 Å². The number of aldehydes is 1. The molecule has 0 radical (unpaired) electrons. The monoisotopic (exact) mass is 565 g/mol. The van der Waals surface area contributed by atoms with E-state index in [1.807, 2.05) is 29.2 Å². The van der Waals surface area contributed by atoms with Crippen LogP contribution in [0.5, 0.6) is 0 Å². The minimum Gasteiger partial charge on any atom is -0.385 e. The maximum atomic E-state index is 13.9. The molecule has 10 heteroatoms. The van der Waals surface area contributed by atoms with Gasteiger partial charge in [-0.15, -0.1) is 0 Å². The average molecular weight is 566 g/mol. The molecule has 1 heterocycles. The quantitative estimate of drug-likeness (QED) is 0.111. The zero-order chi connectivity index (χ0) is 30.0. The van der Waals surface area contributed by atoms with E-state index in [2.05, 4.69) is 36.7 Å². The first kappa shape index (κ1) is 31.9. The van der Waals surface area contributed by atoms with Gasteiger partial charge in [0, 0.05) is 11.1 Å². The van der Waals surface area contributed by atoms with Crippen LogP contribution in [0.3, 0.4) is 0 Å². The van der Waals surface area contributed by atoms with Gasteiger partial charge in [-0.3, -0.25) is 14.6 Å². The molecule has 222 valence electrons. The normalized spacial score (nSPS) is 21.4. The second kappa shape index (κ2) is 14.8. The fourth-order valence-electron chi connectivity index (χ4n) is 5.78. The molecule has 0 aromatic heterocycles. The summed E-state index contributed by atoms with van der Waals surface area (Å²) in [5.41, 5.74) is 9.49. The second-order valence-corrected chi connectivity index (χ2v) is 11.1. The number of likely N-dealkylation sites (N-methyl/N-ethyl adjacent to an activating group) is 1. The molecular formula is C31H44FN7O2. The van der Waals surface area contributed by atoms with Crippen LogP contribution in [0, 0.1) is 17.7 Å². The first-order valence-electron chi connectivity index (χ1n) is 14.4. The van der Waals surface area contributed by atoms with E-state index in [0.29, 0.717) is 41.1 Å². The van der Waals surface area contributed by atoms with Crippen molar-refractivity contribution in [1.29, 1.82) is 0 Å². The highest BCUT2D eigenvalue weighted by Gasteiger charge is 2.51. The number of hydrazone groups is 1. The van der Waals surface area contributed by atoms with E-state index in [9.17, 15) is 14.0 Å². The second-order valence-electron chi connectivity index (χ2n) is 11.1. The number of carbonyl (C=O) groups is 2. The fraction of sp³-hybridized carbons (Fsp3) is 0.484. The smallest absolute Gasteiger partial charge is 0.275 e. The Kier molecular flexibility index (Phi) is 11.5. The van der Waals surface area contributed by atoms with Gasteiger partial charge in [0.15, 0.2) is 0 Å². The predicted octanol–water partition coefficient (Wildman–Crippen LogP) is 4.29. The Morgan fingerprint density at radius 3 is 2.32 bits per heavy atom. The number of hydrogen-bond donors (Lipinski definition) is 4. The summed E-state index contributed by atoms with van der Waals surface area (Å²) in [5.74, 6) is 6.09. The molecule has 2 aromatic rings. The number of halogens is 1. The van der Waals surface area contributed by atoms with Crippen molar-refractivity contribution in [3.8, 4) is 0 Å². The summed E-state index contributed by atoms with van der Waals surface area (Å²) < 4.78 is 13.6. The van der Waals surface area contributed by atoms with Crippen molar-refractivity contribution in [3.63, 3.8) is 0 Å². The lowest BCUT2D eigenvalue weighted by Crippen LogP contribution is -2.51. The number of carbonyl (C=O) groups excluding carboxylic acids is 2. The number of hydrogen-bond acceptors (Lipinski definition) is 7. The highest BCUT2D eigenvalue weighted by molar-refractivity contribution is 6.46. The van der Waals surface area contributed by atoms with Gasteiger partial charge in [-0.05, 0) is 80.8 Å². The van der Waals surface area contributed by atoms with E-state index in [0.717, 1.165) is 50.4 Å². The third-order valence-electron chi connectivity index (χ3n) is 7.98. The number of rotatable bonds is 10. The minimum absolute atomic E-state index is 0.0810. The van der Waals surface area contributed by atoms with Crippen LogP contribution in [0.1, 0.15) is 86.8 Å². The minimum atomic E-state index is -0.574. The van der Waals surface area contributed by atoms with Gasteiger partial charge in [-0.2, -0.15) is 5.10 Å². The summed E-state index contributed by atoms with van der Waals surface area (Å²) >= 11 is 0. The van der Waals surface area contributed by atoms with E-state index >= 15 is 0 Å².